The van der Waals surface area contributed by atoms with E-state index >= 15 is 0 Å². The van der Waals surface area contributed by atoms with Gasteiger partial charge in [0, 0.05) is 17.2 Å². The van der Waals surface area contributed by atoms with Crippen LogP contribution in [0.4, 0.5) is 0 Å². The molecule has 2 aromatic rings. The number of benzene rings is 2. The maximum Gasteiger partial charge on any atom is 0.250 e. The van der Waals surface area contributed by atoms with Gasteiger partial charge in [-0.15, -0.1) is 0 Å². The van der Waals surface area contributed by atoms with E-state index < -0.39 is 5.72 Å². The van der Waals surface area contributed by atoms with E-state index in [0.717, 1.165) is 11.1 Å². The first-order valence-electron chi connectivity index (χ1n) is 6.51. The van der Waals surface area contributed by atoms with Crippen LogP contribution in [-0.4, -0.2) is 5.91 Å². The lowest BCUT2D eigenvalue weighted by Gasteiger charge is -2.38. The second kappa shape index (κ2) is 4.85. The van der Waals surface area contributed by atoms with Crippen molar-refractivity contribution < 1.29 is 9.53 Å². The van der Waals surface area contributed by atoms with Gasteiger partial charge in [0.25, 0.3) is 5.91 Å². The summed E-state index contributed by atoms with van der Waals surface area (Å²) >= 11 is 0. The number of nitrogens with one attached hydrogen (secondary N) is 1. The lowest BCUT2D eigenvalue weighted by Crippen LogP contribution is -2.50. The zero-order valence-corrected chi connectivity index (χ0v) is 11.2. The molecule has 3 heteroatoms. The number of ether oxygens (including phenoxy) is 1. The number of hydrogen-bond acceptors (Lipinski definition) is 2. The highest BCUT2D eigenvalue weighted by atomic mass is 16.5. The molecule has 3 nitrogen and oxygen atoms in total. The van der Waals surface area contributed by atoms with E-state index in [1.807, 2.05) is 60.7 Å². The summed E-state index contributed by atoms with van der Waals surface area (Å²) in [6.07, 6.45) is 1.46. The molecule has 100 valence electrons. The molecular weight excluding hydrogens is 250 g/mol. The maximum absolute atomic E-state index is 12.0. The summed E-state index contributed by atoms with van der Waals surface area (Å²) in [5, 5.41) is 2.96. The van der Waals surface area contributed by atoms with E-state index in [-0.39, 0.29) is 5.91 Å². The first kappa shape index (κ1) is 12.5. The van der Waals surface area contributed by atoms with E-state index in [4.69, 9.17) is 4.74 Å². The fourth-order valence-corrected chi connectivity index (χ4v) is 2.47. The summed E-state index contributed by atoms with van der Waals surface area (Å²) in [5.74, 6) is 0.447. The topological polar surface area (TPSA) is 38.3 Å². The number of amides is 1. The lowest BCUT2D eigenvalue weighted by molar-refractivity contribution is -0.127. The van der Waals surface area contributed by atoms with Crippen LogP contribution in [0.1, 0.15) is 18.1 Å². The molecule has 1 N–H and O–H groups in total. The van der Waals surface area contributed by atoms with E-state index in [1.165, 1.54) is 6.08 Å². The average Bonchev–Trinajstić information content (AvgIpc) is 2.48. The van der Waals surface area contributed by atoms with Crippen molar-refractivity contribution in [1.29, 1.82) is 0 Å². The van der Waals surface area contributed by atoms with Crippen LogP contribution in [0.25, 0.3) is 0 Å². The molecule has 0 bridgehead atoms. The first-order chi connectivity index (χ1) is 9.71. The normalized spacial score (nSPS) is 16.9. The van der Waals surface area contributed by atoms with Gasteiger partial charge < -0.3 is 10.1 Å². The zero-order chi connectivity index (χ0) is 14.0. The highest BCUT2D eigenvalue weighted by Gasteiger charge is 2.40. The van der Waals surface area contributed by atoms with Crippen LogP contribution in [0, 0.1) is 0 Å². The van der Waals surface area contributed by atoms with Crippen molar-refractivity contribution in [1.82, 2.24) is 5.32 Å². The summed E-state index contributed by atoms with van der Waals surface area (Å²) in [5.41, 5.74) is 0.831. The highest BCUT2D eigenvalue weighted by molar-refractivity contribution is 5.89. The predicted molar refractivity (Wildman–Crippen MR) is 76.6 cm³/mol. The van der Waals surface area contributed by atoms with Crippen molar-refractivity contribution in [2.45, 2.75) is 12.6 Å². The molecule has 1 aliphatic heterocycles. The summed E-state index contributed by atoms with van der Waals surface area (Å²) in [6.45, 7) is 1.79. The Labute approximate surface area is 117 Å². The van der Waals surface area contributed by atoms with Gasteiger partial charge in [-0.2, -0.15) is 0 Å². The third-order valence-electron chi connectivity index (χ3n) is 3.31. The molecule has 0 atom stereocenters. The largest absolute Gasteiger partial charge is 0.464 e. The van der Waals surface area contributed by atoms with Crippen molar-refractivity contribution in [3.63, 3.8) is 0 Å². The molecule has 0 aliphatic carbocycles. The number of hydrogen-bond donors (Lipinski definition) is 1. The third kappa shape index (κ3) is 2.07. The molecule has 2 aromatic carbocycles. The maximum atomic E-state index is 12.0. The van der Waals surface area contributed by atoms with Crippen LogP contribution in [0.5, 0.6) is 0 Å². The summed E-state index contributed by atoms with van der Waals surface area (Å²) in [4.78, 5) is 12.0. The number of carbonyl (C=O) groups excluding carboxylic acids is 1. The SMILES string of the molecule is CC1=CC(=O)NC(c2ccccc2)(c2ccccc2)O1. The Morgan fingerprint density at radius 3 is 1.85 bits per heavy atom. The molecule has 0 saturated carbocycles. The van der Waals surface area contributed by atoms with Gasteiger partial charge in [-0.25, -0.2) is 0 Å². The van der Waals surface area contributed by atoms with Gasteiger partial charge in [0.05, 0.1) is 0 Å². The van der Waals surface area contributed by atoms with Crippen molar-refractivity contribution in [2.75, 3.05) is 0 Å². The molecule has 0 spiro atoms. The molecule has 0 radical (unpaired) electrons. The van der Waals surface area contributed by atoms with Gasteiger partial charge in [-0.1, -0.05) is 60.7 Å². The van der Waals surface area contributed by atoms with Crippen LogP contribution in [-0.2, 0) is 15.3 Å². The van der Waals surface area contributed by atoms with Crippen LogP contribution in [0.2, 0.25) is 0 Å². The summed E-state index contributed by atoms with van der Waals surface area (Å²) in [7, 11) is 0. The van der Waals surface area contributed by atoms with E-state index in [2.05, 4.69) is 5.32 Å². The molecule has 0 aromatic heterocycles. The molecule has 3 rings (SSSR count). The van der Waals surface area contributed by atoms with E-state index in [9.17, 15) is 4.79 Å². The second-order valence-electron chi connectivity index (χ2n) is 4.76. The van der Waals surface area contributed by atoms with Gasteiger partial charge in [-0.3, -0.25) is 4.79 Å². The molecule has 0 fully saturated rings. The number of carbonyl (C=O) groups is 1. The number of rotatable bonds is 2. The van der Waals surface area contributed by atoms with Crippen LogP contribution in [0.15, 0.2) is 72.5 Å². The molecule has 0 unspecified atom stereocenters. The monoisotopic (exact) mass is 265 g/mol. The molecule has 1 heterocycles. The fourth-order valence-electron chi connectivity index (χ4n) is 2.47. The third-order valence-corrected chi connectivity index (χ3v) is 3.31. The van der Waals surface area contributed by atoms with Gasteiger partial charge in [0.2, 0.25) is 5.72 Å². The average molecular weight is 265 g/mol. The Kier molecular flexibility index (Phi) is 3.03. The Hall–Kier alpha value is -2.55. The minimum absolute atomic E-state index is 0.151. The predicted octanol–water partition coefficient (Wildman–Crippen LogP) is 2.94. The van der Waals surface area contributed by atoms with Gasteiger partial charge in [-0.05, 0) is 6.92 Å². The van der Waals surface area contributed by atoms with Gasteiger partial charge in [0.1, 0.15) is 5.76 Å². The minimum Gasteiger partial charge on any atom is -0.464 e. The summed E-state index contributed by atoms with van der Waals surface area (Å²) < 4.78 is 6.05. The van der Waals surface area contributed by atoms with E-state index in [1.54, 1.807) is 6.92 Å². The van der Waals surface area contributed by atoms with Gasteiger partial charge >= 0.3 is 0 Å². The van der Waals surface area contributed by atoms with Crippen molar-refractivity contribution in [3.05, 3.63) is 83.6 Å². The van der Waals surface area contributed by atoms with Gasteiger partial charge in [0.15, 0.2) is 0 Å². The van der Waals surface area contributed by atoms with Crippen molar-refractivity contribution >= 4 is 5.91 Å². The molecule has 1 aliphatic rings. The Morgan fingerprint density at radius 1 is 0.900 bits per heavy atom. The molecule has 1 amide bonds. The molecule has 0 saturated heterocycles. The fraction of sp³-hybridized carbons (Fsp3) is 0.118. The van der Waals surface area contributed by atoms with Crippen LogP contribution in [0.3, 0.4) is 0 Å². The minimum atomic E-state index is -0.960. The zero-order valence-electron chi connectivity index (χ0n) is 11.2. The molecular formula is C17H15NO2. The van der Waals surface area contributed by atoms with Crippen LogP contribution >= 0.6 is 0 Å². The van der Waals surface area contributed by atoms with Crippen LogP contribution < -0.4 is 5.32 Å². The van der Waals surface area contributed by atoms with Crippen molar-refractivity contribution in [3.8, 4) is 0 Å². The first-order valence-corrected chi connectivity index (χ1v) is 6.51. The Balaban J connectivity index is 2.19. The van der Waals surface area contributed by atoms with Crippen molar-refractivity contribution in [2.24, 2.45) is 0 Å². The Morgan fingerprint density at radius 2 is 1.40 bits per heavy atom. The smallest absolute Gasteiger partial charge is 0.250 e. The second-order valence-corrected chi connectivity index (χ2v) is 4.76. The highest BCUT2D eigenvalue weighted by Crippen LogP contribution is 2.35. The summed E-state index contributed by atoms with van der Waals surface area (Å²) in [6, 6.07) is 19.4. The lowest BCUT2D eigenvalue weighted by atomic mass is 9.93. The quantitative estimate of drug-likeness (QED) is 0.906. The molecule has 20 heavy (non-hydrogen) atoms. The van der Waals surface area contributed by atoms with E-state index in [0.29, 0.717) is 5.76 Å². The number of allylic oxidation sites excluding steroid dienone is 1. The standard InChI is InChI=1S/C17H15NO2/c1-13-12-16(19)18-17(20-13,14-8-4-2-5-9-14)15-10-6-3-7-11-15/h2-12H,1H3,(H,18,19). The Bertz CT molecular complexity index is 608.